The van der Waals surface area contributed by atoms with Gasteiger partial charge in [0.05, 0.1) is 6.04 Å². The van der Waals surface area contributed by atoms with Gasteiger partial charge in [-0.15, -0.1) is 6.58 Å². The monoisotopic (exact) mass is 333 g/mol. The van der Waals surface area contributed by atoms with Crippen molar-refractivity contribution in [3.63, 3.8) is 0 Å². The lowest BCUT2D eigenvalue weighted by Gasteiger charge is -2.38. The van der Waals surface area contributed by atoms with Gasteiger partial charge in [-0.25, -0.2) is 0 Å². The number of amides is 2. The molecule has 1 aromatic heterocycles. The number of hydrogen-bond acceptors (Lipinski definition) is 4. The topological polar surface area (TPSA) is 69.6 Å². The Hall–Kier alpha value is -2.12. The standard InChI is InChI=1S/C17H27N5O2/c1-4-7-18-16(23)17(24)19-13-15(14-6-5-8-21(14)3)22-11-9-20(2)10-12-22/h4-6,8,15H,1,7,9-13H2,2-3H3,(H,18,23)(H,19,24). The molecule has 1 atom stereocenters. The van der Waals surface area contributed by atoms with Gasteiger partial charge in [-0.1, -0.05) is 6.08 Å². The van der Waals surface area contributed by atoms with Crippen molar-refractivity contribution in [3.8, 4) is 0 Å². The molecule has 7 heteroatoms. The lowest BCUT2D eigenvalue weighted by Crippen LogP contribution is -2.50. The van der Waals surface area contributed by atoms with Crippen LogP contribution in [-0.4, -0.2) is 72.5 Å². The summed E-state index contributed by atoms with van der Waals surface area (Å²) < 4.78 is 2.06. The first-order chi connectivity index (χ1) is 11.5. The number of nitrogens with zero attached hydrogens (tertiary/aromatic N) is 3. The highest BCUT2D eigenvalue weighted by atomic mass is 16.2. The predicted molar refractivity (Wildman–Crippen MR) is 93.4 cm³/mol. The largest absolute Gasteiger partial charge is 0.353 e. The van der Waals surface area contributed by atoms with Gasteiger partial charge in [0, 0.05) is 58.2 Å². The van der Waals surface area contributed by atoms with Gasteiger partial charge in [-0.3, -0.25) is 14.5 Å². The number of hydrogen-bond donors (Lipinski definition) is 2. The smallest absolute Gasteiger partial charge is 0.309 e. The van der Waals surface area contributed by atoms with E-state index in [-0.39, 0.29) is 12.6 Å². The van der Waals surface area contributed by atoms with E-state index in [4.69, 9.17) is 0 Å². The summed E-state index contributed by atoms with van der Waals surface area (Å²) in [5, 5.41) is 5.25. The molecule has 0 aromatic carbocycles. The minimum Gasteiger partial charge on any atom is -0.353 e. The van der Waals surface area contributed by atoms with E-state index in [1.54, 1.807) is 6.08 Å². The van der Waals surface area contributed by atoms with Gasteiger partial charge in [0.15, 0.2) is 0 Å². The molecular formula is C17H27N5O2. The zero-order valence-corrected chi connectivity index (χ0v) is 14.5. The van der Waals surface area contributed by atoms with Gasteiger partial charge >= 0.3 is 11.8 Å². The summed E-state index contributed by atoms with van der Waals surface area (Å²) in [5.74, 6) is -1.23. The van der Waals surface area contributed by atoms with Crippen molar-refractivity contribution >= 4 is 11.8 Å². The summed E-state index contributed by atoms with van der Waals surface area (Å²) in [4.78, 5) is 28.3. The summed E-state index contributed by atoms with van der Waals surface area (Å²) in [6.45, 7) is 8.07. The first-order valence-electron chi connectivity index (χ1n) is 8.23. The van der Waals surface area contributed by atoms with E-state index in [0.29, 0.717) is 6.54 Å². The van der Waals surface area contributed by atoms with Crippen LogP contribution in [0.25, 0.3) is 0 Å². The van der Waals surface area contributed by atoms with Crippen LogP contribution in [0.15, 0.2) is 31.0 Å². The highest BCUT2D eigenvalue weighted by molar-refractivity contribution is 6.35. The molecule has 7 nitrogen and oxygen atoms in total. The van der Waals surface area contributed by atoms with Crippen LogP contribution in [0.2, 0.25) is 0 Å². The Morgan fingerprint density at radius 1 is 1.21 bits per heavy atom. The minimum atomic E-state index is -0.626. The fourth-order valence-electron chi connectivity index (χ4n) is 2.89. The molecule has 1 aliphatic rings. The van der Waals surface area contributed by atoms with Gasteiger partial charge < -0.3 is 20.1 Å². The number of carbonyl (C=O) groups is 2. The van der Waals surface area contributed by atoms with Crippen LogP contribution in [0.5, 0.6) is 0 Å². The fraction of sp³-hybridized carbons (Fsp3) is 0.529. The van der Waals surface area contributed by atoms with E-state index in [9.17, 15) is 9.59 Å². The predicted octanol–water partition coefficient (Wildman–Crippen LogP) is -0.268. The lowest BCUT2D eigenvalue weighted by molar-refractivity contribution is -0.139. The first-order valence-corrected chi connectivity index (χ1v) is 8.23. The summed E-state index contributed by atoms with van der Waals surface area (Å²) in [5.41, 5.74) is 1.13. The maximum absolute atomic E-state index is 12.0. The van der Waals surface area contributed by atoms with E-state index in [1.165, 1.54) is 0 Å². The average molecular weight is 333 g/mol. The van der Waals surface area contributed by atoms with Crippen molar-refractivity contribution < 1.29 is 9.59 Å². The SMILES string of the molecule is C=CCNC(=O)C(=O)NCC(c1cccn1C)N1CCN(C)CC1. The molecular weight excluding hydrogens is 306 g/mol. The second-order valence-electron chi connectivity index (χ2n) is 6.11. The molecule has 132 valence electrons. The minimum absolute atomic E-state index is 0.0508. The molecule has 2 amide bonds. The normalized spacial score (nSPS) is 17.2. The van der Waals surface area contributed by atoms with Crippen LogP contribution in [0.1, 0.15) is 11.7 Å². The molecule has 0 radical (unpaired) electrons. The van der Waals surface area contributed by atoms with Crippen molar-refractivity contribution in [2.45, 2.75) is 6.04 Å². The Kier molecular flexibility index (Phi) is 6.57. The number of aromatic nitrogens is 1. The number of rotatable bonds is 6. The summed E-state index contributed by atoms with van der Waals surface area (Å²) in [6.07, 6.45) is 3.54. The van der Waals surface area contributed by atoms with Gasteiger partial charge in [0.1, 0.15) is 0 Å². The lowest BCUT2D eigenvalue weighted by atomic mass is 10.1. The van der Waals surface area contributed by atoms with Crippen molar-refractivity contribution in [2.24, 2.45) is 7.05 Å². The van der Waals surface area contributed by atoms with E-state index in [2.05, 4.69) is 44.7 Å². The molecule has 2 rings (SSSR count). The average Bonchev–Trinajstić information content (AvgIpc) is 3.00. The zero-order chi connectivity index (χ0) is 17.5. The molecule has 1 saturated heterocycles. The Morgan fingerprint density at radius 2 is 1.88 bits per heavy atom. The van der Waals surface area contributed by atoms with Crippen molar-refractivity contribution in [3.05, 3.63) is 36.7 Å². The first kappa shape index (κ1) is 18.2. The molecule has 24 heavy (non-hydrogen) atoms. The summed E-state index contributed by atoms with van der Waals surface area (Å²) >= 11 is 0. The number of carbonyl (C=O) groups excluding carboxylic acids is 2. The van der Waals surface area contributed by atoms with Crippen molar-refractivity contribution in [1.29, 1.82) is 0 Å². The van der Waals surface area contributed by atoms with E-state index < -0.39 is 11.8 Å². The number of aryl methyl sites for hydroxylation is 1. The molecule has 1 aliphatic heterocycles. The molecule has 0 saturated carbocycles. The van der Waals surface area contributed by atoms with Gasteiger partial charge in [-0.05, 0) is 19.2 Å². The summed E-state index contributed by atoms with van der Waals surface area (Å²) in [7, 11) is 4.11. The quantitative estimate of drug-likeness (QED) is 0.556. The number of nitrogens with one attached hydrogen (secondary N) is 2. The highest BCUT2D eigenvalue weighted by Gasteiger charge is 2.26. The Balaban J connectivity index is 2.01. The third-order valence-corrected chi connectivity index (χ3v) is 4.37. The van der Waals surface area contributed by atoms with Crippen LogP contribution >= 0.6 is 0 Å². The second-order valence-corrected chi connectivity index (χ2v) is 6.11. The Morgan fingerprint density at radius 3 is 2.46 bits per heavy atom. The van der Waals surface area contributed by atoms with Crippen molar-refractivity contribution in [2.75, 3.05) is 46.3 Å². The van der Waals surface area contributed by atoms with Crippen LogP contribution in [0.3, 0.4) is 0 Å². The van der Waals surface area contributed by atoms with E-state index in [1.807, 2.05) is 19.3 Å². The zero-order valence-electron chi connectivity index (χ0n) is 14.5. The van der Waals surface area contributed by atoms with Crippen LogP contribution < -0.4 is 10.6 Å². The molecule has 0 spiro atoms. The maximum atomic E-state index is 12.0. The highest BCUT2D eigenvalue weighted by Crippen LogP contribution is 2.21. The third kappa shape index (κ3) is 4.69. The van der Waals surface area contributed by atoms with E-state index in [0.717, 1.165) is 31.9 Å². The van der Waals surface area contributed by atoms with E-state index >= 15 is 0 Å². The van der Waals surface area contributed by atoms with Crippen molar-refractivity contribution in [1.82, 2.24) is 25.0 Å². The Labute approximate surface area is 143 Å². The molecule has 1 fully saturated rings. The maximum Gasteiger partial charge on any atom is 0.309 e. The molecule has 0 bridgehead atoms. The van der Waals surface area contributed by atoms with Gasteiger partial charge in [-0.2, -0.15) is 0 Å². The molecule has 2 heterocycles. The number of likely N-dealkylation sites (N-methyl/N-ethyl adjacent to an activating group) is 1. The third-order valence-electron chi connectivity index (χ3n) is 4.37. The second kappa shape index (κ2) is 8.65. The van der Waals surface area contributed by atoms with Gasteiger partial charge in [0.25, 0.3) is 0 Å². The van der Waals surface area contributed by atoms with Crippen LogP contribution in [0.4, 0.5) is 0 Å². The molecule has 1 aromatic rings. The summed E-state index contributed by atoms with van der Waals surface area (Å²) in [6, 6.07) is 4.11. The molecule has 1 unspecified atom stereocenters. The molecule has 0 aliphatic carbocycles. The van der Waals surface area contributed by atoms with Crippen LogP contribution in [-0.2, 0) is 16.6 Å². The fourth-order valence-corrected chi connectivity index (χ4v) is 2.89. The van der Waals surface area contributed by atoms with Crippen LogP contribution in [0, 0.1) is 0 Å². The molecule has 2 N–H and O–H groups in total. The van der Waals surface area contributed by atoms with Gasteiger partial charge in [0.2, 0.25) is 0 Å². The Bertz CT molecular complexity index is 575. The number of piperazine rings is 1.